The summed E-state index contributed by atoms with van der Waals surface area (Å²) in [6.45, 7) is 4.60. The van der Waals surface area contributed by atoms with Crippen molar-refractivity contribution in [1.29, 1.82) is 0 Å². The van der Waals surface area contributed by atoms with Gasteiger partial charge in [0, 0.05) is 12.6 Å². The summed E-state index contributed by atoms with van der Waals surface area (Å²) in [5, 5.41) is 2.70. The maximum absolute atomic E-state index is 11.5. The van der Waals surface area contributed by atoms with Crippen molar-refractivity contribution < 1.29 is 4.79 Å². The highest BCUT2D eigenvalue weighted by molar-refractivity contribution is 5.92. The molecule has 1 aromatic rings. The van der Waals surface area contributed by atoms with Crippen LogP contribution in [0.2, 0.25) is 0 Å². The topological polar surface area (TPSA) is 42.0 Å². The van der Waals surface area contributed by atoms with Gasteiger partial charge in [-0.15, -0.1) is 5.92 Å². The average Bonchev–Trinajstić information content (AvgIpc) is 2.29. The molecule has 0 fully saturated rings. The minimum atomic E-state index is -0.181. The summed E-state index contributed by atoms with van der Waals surface area (Å²) in [7, 11) is 0. The number of nitrogens with zero attached hydrogens (tertiary/aromatic N) is 1. The van der Waals surface area contributed by atoms with Crippen LogP contribution in [-0.4, -0.2) is 17.4 Å². The first-order valence-corrected chi connectivity index (χ1v) is 5.35. The van der Waals surface area contributed by atoms with E-state index in [1.165, 1.54) is 0 Å². The standard InChI is InChI=1S/C13H16N2O/c1-11(2)7-3-5-10-15-13(16)12-8-4-6-9-14-12/h4,6,8-9,11H,7,10H2,1-2H3,(H,15,16). The molecule has 1 N–H and O–H groups in total. The zero-order valence-corrected chi connectivity index (χ0v) is 9.66. The predicted molar refractivity (Wildman–Crippen MR) is 63.8 cm³/mol. The van der Waals surface area contributed by atoms with E-state index in [0.717, 1.165) is 6.42 Å². The second kappa shape index (κ2) is 6.62. The Morgan fingerprint density at radius 1 is 1.44 bits per heavy atom. The molecule has 0 aliphatic rings. The monoisotopic (exact) mass is 216 g/mol. The van der Waals surface area contributed by atoms with Gasteiger partial charge in [-0.2, -0.15) is 0 Å². The summed E-state index contributed by atoms with van der Waals surface area (Å²) in [5.74, 6) is 6.30. The lowest BCUT2D eigenvalue weighted by Gasteiger charge is -1.99. The van der Waals surface area contributed by atoms with E-state index in [-0.39, 0.29) is 5.91 Å². The van der Waals surface area contributed by atoms with E-state index >= 15 is 0 Å². The van der Waals surface area contributed by atoms with Crippen LogP contribution in [0.25, 0.3) is 0 Å². The number of amides is 1. The maximum atomic E-state index is 11.5. The molecule has 3 heteroatoms. The number of aromatic nitrogens is 1. The molecular formula is C13H16N2O. The number of carbonyl (C=O) groups excluding carboxylic acids is 1. The number of hydrogen-bond acceptors (Lipinski definition) is 2. The number of carbonyl (C=O) groups is 1. The van der Waals surface area contributed by atoms with E-state index in [2.05, 4.69) is 36.0 Å². The molecule has 0 unspecified atom stereocenters. The normalized spacial score (nSPS) is 9.44. The quantitative estimate of drug-likeness (QED) is 0.784. The van der Waals surface area contributed by atoms with Crippen molar-refractivity contribution in [2.45, 2.75) is 20.3 Å². The SMILES string of the molecule is CC(C)CC#CCNC(=O)c1ccccn1. The van der Waals surface area contributed by atoms with E-state index in [4.69, 9.17) is 0 Å². The van der Waals surface area contributed by atoms with E-state index in [1.807, 2.05) is 0 Å². The van der Waals surface area contributed by atoms with Gasteiger partial charge in [-0.05, 0) is 18.1 Å². The summed E-state index contributed by atoms with van der Waals surface area (Å²) < 4.78 is 0. The van der Waals surface area contributed by atoms with E-state index in [0.29, 0.717) is 18.2 Å². The molecule has 1 heterocycles. The van der Waals surface area contributed by atoms with Crippen molar-refractivity contribution in [3.05, 3.63) is 30.1 Å². The molecule has 16 heavy (non-hydrogen) atoms. The second-order valence-corrected chi connectivity index (χ2v) is 3.85. The number of nitrogens with one attached hydrogen (secondary N) is 1. The molecule has 0 aromatic carbocycles. The summed E-state index contributed by atoms with van der Waals surface area (Å²) in [6.07, 6.45) is 2.46. The van der Waals surface area contributed by atoms with Crippen molar-refractivity contribution in [3.63, 3.8) is 0 Å². The first kappa shape index (κ1) is 12.3. The van der Waals surface area contributed by atoms with Crippen LogP contribution in [0.4, 0.5) is 0 Å². The fraction of sp³-hybridized carbons (Fsp3) is 0.385. The van der Waals surface area contributed by atoms with Crippen LogP contribution in [0, 0.1) is 17.8 Å². The Hall–Kier alpha value is -1.82. The Morgan fingerprint density at radius 3 is 2.88 bits per heavy atom. The summed E-state index contributed by atoms with van der Waals surface area (Å²) in [4.78, 5) is 15.4. The van der Waals surface area contributed by atoms with Crippen LogP contribution in [0.15, 0.2) is 24.4 Å². The zero-order valence-electron chi connectivity index (χ0n) is 9.66. The van der Waals surface area contributed by atoms with Crippen LogP contribution in [-0.2, 0) is 0 Å². The van der Waals surface area contributed by atoms with Crippen LogP contribution >= 0.6 is 0 Å². The Morgan fingerprint density at radius 2 is 2.25 bits per heavy atom. The minimum Gasteiger partial charge on any atom is -0.340 e. The van der Waals surface area contributed by atoms with Gasteiger partial charge < -0.3 is 5.32 Å². The molecule has 1 aromatic heterocycles. The van der Waals surface area contributed by atoms with Gasteiger partial charge in [-0.1, -0.05) is 25.8 Å². The van der Waals surface area contributed by atoms with Crippen molar-refractivity contribution in [2.75, 3.05) is 6.54 Å². The van der Waals surface area contributed by atoms with Gasteiger partial charge in [0.1, 0.15) is 5.69 Å². The molecule has 0 spiro atoms. The minimum absolute atomic E-state index is 0.181. The number of rotatable bonds is 3. The Kier molecular flexibility index (Phi) is 5.07. The third kappa shape index (κ3) is 4.61. The Balaban J connectivity index is 2.33. The first-order chi connectivity index (χ1) is 7.70. The molecule has 0 atom stereocenters. The van der Waals surface area contributed by atoms with Gasteiger partial charge in [0.15, 0.2) is 0 Å². The lowest BCUT2D eigenvalue weighted by molar-refractivity contribution is 0.0954. The van der Waals surface area contributed by atoms with Gasteiger partial charge in [-0.3, -0.25) is 9.78 Å². The largest absolute Gasteiger partial charge is 0.340 e. The highest BCUT2D eigenvalue weighted by Crippen LogP contribution is 1.95. The average molecular weight is 216 g/mol. The molecule has 1 amide bonds. The van der Waals surface area contributed by atoms with Crippen LogP contribution in [0.3, 0.4) is 0 Å². The van der Waals surface area contributed by atoms with Crippen molar-refractivity contribution in [1.82, 2.24) is 10.3 Å². The second-order valence-electron chi connectivity index (χ2n) is 3.85. The first-order valence-electron chi connectivity index (χ1n) is 5.35. The summed E-state index contributed by atoms with van der Waals surface area (Å²) >= 11 is 0. The smallest absolute Gasteiger partial charge is 0.270 e. The molecular weight excluding hydrogens is 200 g/mol. The third-order valence-corrected chi connectivity index (χ3v) is 1.87. The predicted octanol–water partition coefficient (Wildman–Crippen LogP) is 1.86. The Bertz CT molecular complexity index is 387. The lowest BCUT2D eigenvalue weighted by Crippen LogP contribution is -2.24. The summed E-state index contributed by atoms with van der Waals surface area (Å²) in [6, 6.07) is 5.24. The van der Waals surface area contributed by atoms with Crippen molar-refractivity contribution in [3.8, 4) is 11.8 Å². The van der Waals surface area contributed by atoms with E-state index in [1.54, 1.807) is 24.4 Å². The van der Waals surface area contributed by atoms with Crippen LogP contribution in [0.1, 0.15) is 30.8 Å². The highest BCUT2D eigenvalue weighted by Gasteiger charge is 2.02. The van der Waals surface area contributed by atoms with Crippen molar-refractivity contribution >= 4 is 5.91 Å². The van der Waals surface area contributed by atoms with E-state index < -0.39 is 0 Å². The number of hydrogen-bond donors (Lipinski definition) is 1. The van der Waals surface area contributed by atoms with Gasteiger partial charge in [0.25, 0.3) is 5.91 Å². The molecule has 0 aliphatic heterocycles. The third-order valence-electron chi connectivity index (χ3n) is 1.87. The molecule has 0 saturated carbocycles. The molecule has 0 saturated heterocycles. The molecule has 1 rings (SSSR count). The summed E-state index contributed by atoms with van der Waals surface area (Å²) in [5.41, 5.74) is 0.424. The molecule has 84 valence electrons. The van der Waals surface area contributed by atoms with Gasteiger partial charge >= 0.3 is 0 Å². The van der Waals surface area contributed by atoms with Gasteiger partial charge in [-0.25, -0.2) is 0 Å². The molecule has 3 nitrogen and oxygen atoms in total. The lowest BCUT2D eigenvalue weighted by atomic mass is 10.1. The fourth-order valence-corrected chi connectivity index (χ4v) is 1.05. The van der Waals surface area contributed by atoms with E-state index in [9.17, 15) is 4.79 Å². The Labute approximate surface area is 96.3 Å². The van der Waals surface area contributed by atoms with Gasteiger partial charge in [0.05, 0.1) is 6.54 Å². The zero-order chi connectivity index (χ0) is 11.8. The molecule has 0 bridgehead atoms. The fourth-order valence-electron chi connectivity index (χ4n) is 1.05. The highest BCUT2D eigenvalue weighted by atomic mass is 16.1. The number of pyridine rings is 1. The van der Waals surface area contributed by atoms with Gasteiger partial charge in [0.2, 0.25) is 0 Å². The van der Waals surface area contributed by atoms with Crippen LogP contribution in [0.5, 0.6) is 0 Å². The van der Waals surface area contributed by atoms with Crippen LogP contribution < -0.4 is 5.32 Å². The maximum Gasteiger partial charge on any atom is 0.270 e. The van der Waals surface area contributed by atoms with Crippen molar-refractivity contribution in [2.24, 2.45) is 5.92 Å². The molecule has 0 aliphatic carbocycles. The molecule has 0 radical (unpaired) electrons.